The second kappa shape index (κ2) is 8.43. The van der Waals surface area contributed by atoms with Crippen molar-refractivity contribution in [1.29, 1.82) is 0 Å². The second-order valence-electron chi connectivity index (χ2n) is 5.75. The maximum atomic E-state index is 3.82. The van der Waals surface area contributed by atoms with E-state index in [1.54, 1.807) is 0 Å². The average molecular weight is 344 g/mol. The molecule has 3 heteroatoms. The van der Waals surface area contributed by atoms with E-state index in [9.17, 15) is 0 Å². The van der Waals surface area contributed by atoms with Gasteiger partial charge in [-0.15, -0.1) is 11.3 Å². The standard InChI is InChI=1S/C16H26BrNS/c1-2-9-18-16(11-15-10-14(17)12-19-15)13-7-5-3-4-6-8-13/h10,12-13,16,18H,2-9,11H2,1H3. The van der Waals surface area contributed by atoms with Crippen molar-refractivity contribution in [3.8, 4) is 0 Å². The molecule has 1 fully saturated rings. The summed E-state index contributed by atoms with van der Waals surface area (Å²) in [5.74, 6) is 0.884. The Morgan fingerprint density at radius 1 is 1.32 bits per heavy atom. The predicted molar refractivity (Wildman–Crippen MR) is 89.0 cm³/mol. The Balaban J connectivity index is 1.97. The zero-order valence-corrected chi connectivity index (χ0v) is 14.4. The SMILES string of the molecule is CCCNC(Cc1cc(Br)cs1)C1CCCCCC1. The third-order valence-electron chi connectivity index (χ3n) is 4.17. The molecule has 19 heavy (non-hydrogen) atoms. The summed E-state index contributed by atoms with van der Waals surface area (Å²) in [7, 11) is 0. The summed E-state index contributed by atoms with van der Waals surface area (Å²) in [5.41, 5.74) is 0. The van der Waals surface area contributed by atoms with Crippen LogP contribution in [0, 0.1) is 5.92 Å². The van der Waals surface area contributed by atoms with Gasteiger partial charge in [-0.05, 0) is 60.1 Å². The minimum atomic E-state index is 0.684. The van der Waals surface area contributed by atoms with E-state index in [1.807, 2.05) is 11.3 Å². The smallest absolute Gasteiger partial charge is 0.0285 e. The molecule has 1 atom stereocenters. The normalized spacial score (nSPS) is 19.3. The second-order valence-corrected chi connectivity index (χ2v) is 7.66. The highest BCUT2D eigenvalue weighted by Gasteiger charge is 2.22. The van der Waals surface area contributed by atoms with Crippen LogP contribution in [0.5, 0.6) is 0 Å². The van der Waals surface area contributed by atoms with Gasteiger partial charge in [-0.3, -0.25) is 0 Å². The molecule has 1 unspecified atom stereocenters. The molecule has 0 spiro atoms. The van der Waals surface area contributed by atoms with Crippen molar-refractivity contribution in [1.82, 2.24) is 5.32 Å². The van der Waals surface area contributed by atoms with Gasteiger partial charge in [0, 0.05) is 20.8 Å². The van der Waals surface area contributed by atoms with Crippen molar-refractivity contribution in [2.75, 3.05) is 6.54 Å². The predicted octanol–water partition coefficient (Wildman–Crippen LogP) is 5.39. The van der Waals surface area contributed by atoms with E-state index in [2.05, 4.69) is 39.6 Å². The molecule has 1 nitrogen and oxygen atoms in total. The first-order valence-corrected chi connectivity index (χ1v) is 9.43. The molecule has 1 N–H and O–H groups in total. The molecule has 0 aliphatic heterocycles. The molecule has 1 aromatic rings. The molecule has 2 rings (SSSR count). The molecular weight excluding hydrogens is 318 g/mol. The van der Waals surface area contributed by atoms with Gasteiger partial charge >= 0.3 is 0 Å². The number of rotatable bonds is 6. The Labute approximate surface area is 130 Å². The lowest BCUT2D eigenvalue weighted by molar-refractivity contribution is 0.318. The fourth-order valence-electron chi connectivity index (χ4n) is 3.13. The molecule has 1 aliphatic rings. The Kier molecular flexibility index (Phi) is 6.89. The number of halogens is 1. The molecule has 0 aromatic carbocycles. The van der Waals surface area contributed by atoms with E-state index in [0.717, 1.165) is 12.5 Å². The fraction of sp³-hybridized carbons (Fsp3) is 0.750. The molecule has 1 aliphatic carbocycles. The Bertz CT molecular complexity index is 355. The van der Waals surface area contributed by atoms with Crippen LogP contribution in [-0.4, -0.2) is 12.6 Å². The van der Waals surface area contributed by atoms with Crippen molar-refractivity contribution in [2.24, 2.45) is 5.92 Å². The molecule has 1 aromatic heterocycles. The van der Waals surface area contributed by atoms with Crippen LogP contribution in [0.3, 0.4) is 0 Å². The summed E-state index contributed by atoms with van der Waals surface area (Å²) in [4.78, 5) is 1.52. The lowest BCUT2D eigenvalue weighted by Gasteiger charge is -2.27. The van der Waals surface area contributed by atoms with E-state index in [-0.39, 0.29) is 0 Å². The van der Waals surface area contributed by atoms with Crippen LogP contribution in [0.1, 0.15) is 56.7 Å². The van der Waals surface area contributed by atoms with E-state index in [1.165, 1.54) is 60.7 Å². The molecule has 1 heterocycles. The third-order valence-corrected chi connectivity index (χ3v) is 5.89. The topological polar surface area (TPSA) is 12.0 Å². The number of thiophene rings is 1. The molecule has 0 bridgehead atoms. The van der Waals surface area contributed by atoms with Gasteiger partial charge in [-0.2, -0.15) is 0 Å². The van der Waals surface area contributed by atoms with Crippen molar-refractivity contribution >= 4 is 27.3 Å². The highest BCUT2D eigenvalue weighted by molar-refractivity contribution is 9.10. The Morgan fingerprint density at radius 2 is 2.05 bits per heavy atom. The zero-order valence-electron chi connectivity index (χ0n) is 12.0. The summed E-state index contributed by atoms with van der Waals surface area (Å²) in [6, 6.07) is 2.98. The van der Waals surface area contributed by atoms with Crippen molar-refractivity contribution < 1.29 is 0 Å². The minimum Gasteiger partial charge on any atom is -0.313 e. The number of hydrogen-bond acceptors (Lipinski definition) is 2. The largest absolute Gasteiger partial charge is 0.313 e. The van der Waals surface area contributed by atoms with Crippen LogP contribution < -0.4 is 5.32 Å². The summed E-state index contributed by atoms with van der Waals surface area (Å²) in [6.07, 6.45) is 11.1. The highest BCUT2D eigenvalue weighted by Crippen LogP contribution is 2.29. The quantitative estimate of drug-likeness (QED) is 0.682. The molecule has 0 saturated heterocycles. The van der Waals surface area contributed by atoms with Crippen LogP contribution in [-0.2, 0) is 6.42 Å². The summed E-state index contributed by atoms with van der Waals surface area (Å²) < 4.78 is 1.24. The van der Waals surface area contributed by atoms with Crippen LogP contribution in [0.2, 0.25) is 0 Å². The molecular formula is C16H26BrNS. The lowest BCUT2D eigenvalue weighted by Crippen LogP contribution is -2.38. The van der Waals surface area contributed by atoms with E-state index >= 15 is 0 Å². The Hall–Kier alpha value is 0.140. The first-order valence-electron chi connectivity index (χ1n) is 7.76. The monoisotopic (exact) mass is 343 g/mol. The zero-order chi connectivity index (χ0) is 13.5. The molecule has 1 saturated carbocycles. The van der Waals surface area contributed by atoms with E-state index in [4.69, 9.17) is 0 Å². The maximum Gasteiger partial charge on any atom is 0.0285 e. The van der Waals surface area contributed by atoms with Gasteiger partial charge < -0.3 is 5.32 Å². The molecule has 0 radical (unpaired) electrons. The van der Waals surface area contributed by atoms with Gasteiger partial charge in [0.15, 0.2) is 0 Å². The summed E-state index contributed by atoms with van der Waals surface area (Å²) in [6.45, 7) is 3.42. The van der Waals surface area contributed by atoms with Crippen LogP contribution >= 0.6 is 27.3 Å². The third kappa shape index (κ3) is 5.20. The Morgan fingerprint density at radius 3 is 2.63 bits per heavy atom. The lowest BCUT2D eigenvalue weighted by atomic mass is 9.89. The van der Waals surface area contributed by atoms with Gasteiger partial charge in [0.05, 0.1) is 0 Å². The molecule has 0 amide bonds. The number of nitrogens with one attached hydrogen (secondary N) is 1. The van der Waals surface area contributed by atoms with Gasteiger partial charge in [0.1, 0.15) is 0 Å². The van der Waals surface area contributed by atoms with Gasteiger partial charge in [0.25, 0.3) is 0 Å². The highest BCUT2D eigenvalue weighted by atomic mass is 79.9. The van der Waals surface area contributed by atoms with Crippen LogP contribution in [0.25, 0.3) is 0 Å². The van der Waals surface area contributed by atoms with Gasteiger partial charge in [0.2, 0.25) is 0 Å². The minimum absolute atomic E-state index is 0.684. The first-order chi connectivity index (χ1) is 9.29. The fourth-order valence-corrected chi connectivity index (χ4v) is 4.64. The van der Waals surface area contributed by atoms with E-state index in [0.29, 0.717) is 6.04 Å². The van der Waals surface area contributed by atoms with Gasteiger partial charge in [-0.25, -0.2) is 0 Å². The van der Waals surface area contributed by atoms with Gasteiger partial charge in [-0.1, -0.05) is 32.6 Å². The van der Waals surface area contributed by atoms with Crippen molar-refractivity contribution in [2.45, 2.75) is 64.3 Å². The number of hydrogen-bond donors (Lipinski definition) is 1. The van der Waals surface area contributed by atoms with Crippen LogP contribution in [0.4, 0.5) is 0 Å². The van der Waals surface area contributed by atoms with Crippen LogP contribution in [0.15, 0.2) is 15.9 Å². The summed E-state index contributed by atoms with van der Waals surface area (Å²) in [5, 5.41) is 6.02. The van der Waals surface area contributed by atoms with Crippen molar-refractivity contribution in [3.05, 3.63) is 20.8 Å². The maximum absolute atomic E-state index is 3.82. The van der Waals surface area contributed by atoms with Crippen molar-refractivity contribution in [3.63, 3.8) is 0 Å². The first kappa shape index (κ1) is 15.5. The average Bonchev–Trinajstić information content (AvgIpc) is 2.67. The summed E-state index contributed by atoms with van der Waals surface area (Å²) >= 11 is 5.47. The molecule has 108 valence electrons. The van der Waals surface area contributed by atoms with E-state index < -0.39 is 0 Å².